The summed E-state index contributed by atoms with van der Waals surface area (Å²) in [4.78, 5) is 33.6. The summed E-state index contributed by atoms with van der Waals surface area (Å²) in [6, 6.07) is 14.5. The van der Waals surface area contributed by atoms with E-state index < -0.39 is 30.0 Å². The van der Waals surface area contributed by atoms with Crippen LogP contribution in [0.5, 0.6) is 0 Å². The van der Waals surface area contributed by atoms with E-state index in [-0.39, 0.29) is 17.8 Å². The second kappa shape index (κ2) is 13.2. The first-order valence-corrected chi connectivity index (χ1v) is 14.0. The van der Waals surface area contributed by atoms with Crippen LogP contribution in [0.1, 0.15) is 35.9 Å². The molecule has 1 aliphatic rings. The first-order valence-electron chi connectivity index (χ1n) is 14.0. The molecule has 9 nitrogen and oxygen atoms in total. The Bertz CT molecular complexity index is 1610. The quantitative estimate of drug-likeness (QED) is 0.230. The first-order chi connectivity index (χ1) is 20.7. The van der Waals surface area contributed by atoms with Gasteiger partial charge in [0.1, 0.15) is 6.42 Å². The van der Waals surface area contributed by atoms with Crippen molar-refractivity contribution in [1.82, 2.24) is 25.0 Å². The highest BCUT2D eigenvalue weighted by Crippen LogP contribution is 2.34. The van der Waals surface area contributed by atoms with E-state index in [1.807, 2.05) is 35.3 Å². The molecule has 224 valence electrons. The number of piperazine rings is 1. The summed E-state index contributed by atoms with van der Waals surface area (Å²) in [6.45, 7) is 6.16. The molecular formula is C31H32F3N7O2. The molecule has 0 atom stereocenters. The molecule has 1 saturated heterocycles. The number of rotatable bonds is 9. The average molecular weight is 592 g/mol. The van der Waals surface area contributed by atoms with Crippen molar-refractivity contribution in [2.24, 2.45) is 0 Å². The van der Waals surface area contributed by atoms with E-state index in [1.54, 1.807) is 24.4 Å². The van der Waals surface area contributed by atoms with Crippen molar-refractivity contribution in [3.63, 3.8) is 0 Å². The van der Waals surface area contributed by atoms with Crippen LogP contribution in [0.3, 0.4) is 0 Å². The van der Waals surface area contributed by atoms with Gasteiger partial charge in [-0.25, -0.2) is 0 Å². The molecule has 3 heterocycles. The highest BCUT2D eigenvalue weighted by Gasteiger charge is 2.34. The summed E-state index contributed by atoms with van der Waals surface area (Å²) in [5, 5.41) is 13.1. The average Bonchev–Trinajstić information content (AvgIpc) is 3.39. The van der Waals surface area contributed by atoms with Gasteiger partial charge in [-0.15, -0.1) is 0 Å². The molecule has 0 bridgehead atoms. The van der Waals surface area contributed by atoms with E-state index in [0.717, 1.165) is 36.8 Å². The number of carbonyl (C=O) groups excluding carboxylic acids is 2. The minimum atomic E-state index is -4.59. The van der Waals surface area contributed by atoms with Crippen molar-refractivity contribution < 1.29 is 22.8 Å². The maximum atomic E-state index is 13.9. The minimum absolute atomic E-state index is 0.0187. The van der Waals surface area contributed by atoms with E-state index in [0.29, 0.717) is 30.0 Å². The molecule has 4 aromatic rings. The summed E-state index contributed by atoms with van der Waals surface area (Å²) >= 11 is 0. The van der Waals surface area contributed by atoms with Crippen molar-refractivity contribution >= 4 is 46.2 Å². The minimum Gasteiger partial charge on any atom is -0.326 e. The largest absolute Gasteiger partial charge is 0.416 e. The molecule has 43 heavy (non-hydrogen) atoms. The van der Waals surface area contributed by atoms with Crippen LogP contribution in [0.4, 0.5) is 24.5 Å². The van der Waals surface area contributed by atoms with Gasteiger partial charge >= 0.3 is 6.18 Å². The number of halogens is 3. The van der Waals surface area contributed by atoms with Gasteiger partial charge in [0.05, 0.1) is 22.5 Å². The number of carbonyl (C=O) groups is 2. The molecule has 2 aromatic heterocycles. The number of hydrogen-bond acceptors (Lipinski definition) is 6. The third-order valence-corrected chi connectivity index (χ3v) is 7.30. The van der Waals surface area contributed by atoms with Crippen LogP contribution in [0.25, 0.3) is 23.1 Å². The van der Waals surface area contributed by atoms with Gasteiger partial charge in [-0.05, 0) is 66.7 Å². The summed E-state index contributed by atoms with van der Waals surface area (Å²) < 4.78 is 41.7. The van der Waals surface area contributed by atoms with E-state index in [9.17, 15) is 22.8 Å². The molecule has 0 aliphatic carbocycles. The Balaban J connectivity index is 1.18. The molecule has 1 fully saturated rings. The predicted octanol–water partition coefficient (Wildman–Crippen LogP) is 5.25. The third kappa shape index (κ3) is 7.85. The highest BCUT2D eigenvalue weighted by molar-refractivity contribution is 6.08. The standard InChI is InChI=1S/C31H32F3N7O2/c1-2-40-13-15-41(16-14-40)20-21-6-7-23(17-26(21)31(32,33)34)36-29(42)19-30(43)37-24-8-10-25-27(38-39-28(25)18-24)11-9-22-5-3-4-12-35-22/h3-12,17-18H,2,13-16,19-20H2,1H3,(H,36,42)(H,37,43)(H,38,39). The van der Waals surface area contributed by atoms with Gasteiger partial charge in [0, 0.05) is 55.7 Å². The zero-order chi connectivity index (χ0) is 30.4. The van der Waals surface area contributed by atoms with Crippen LogP contribution in [0, 0.1) is 0 Å². The number of H-pyrrole nitrogens is 1. The second-order valence-corrected chi connectivity index (χ2v) is 10.3. The van der Waals surface area contributed by atoms with Crippen LogP contribution in [-0.4, -0.2) is 69.5 Å². The van der Waals surface area contributed by atoms with Gasteiger partial charge in [0.25, 0.3) is 0 Å². The molecule has 1 aliphatic heterocycles. The van der Waals surface area contributed by atoms with Crippen molar-refractivity contribution in [2.75, 3.05) is 43.4 Å². The Morgan fingerprint density at radius 2 is 1.63 bits per heavy atom. The summed E-state index contributed by atoms with van der Waals surface area (Å²) in [6.07, 6.45) is 0.212. The van der Waals surface area contributed by atoms with Gasteiger partial charge in [-0.2, -0.15) is 18.3 Å². The van der Waals surface area contributed by atoms with E-state index in [2.05, 4.69) is 37.6 Å². The fourth-order valence-electron chi connectivity index (χ4n) is 5.00. The van der Waals surface area contributed by atoms with Crippen LogP contribution >= 0.6 is 0 Å². The van der Waals surface area contributed by atoms with Crippen LogP contribution in [0.2, 0.25) is 0 Å². The second-order valence-electron chi connectivity index (χ2n) is 10.3. The van der Waals surface area contributed by atoms with Gasteiger partial charge in [0.2, 0.25) is 11.8 Å². The third-order valence-electron chi connectivity index (χ3n) is 7.30. The lowest BCUT2D eigenvalue weighted by Crippen LogP contribution is -2.45. The molecule has 3 N–H and O–H groups in total. The smallest absolute Gasteiger partial charge is 0.326 e. The van der Waals surface area contributed by atoms with Crippen molar-refractivity contribution in [3.05, 3.63) is 83.3 Å². The monoisotopic (exact) mass is 591 g/mol. The number of amides is 2. The number of likely N-dealkylation sites (N-methyl/N-ethyl adjacent to an activating group) is 1. The highest BCUT2D eigenvalue weighted by atomic mass is 19.4. The lowest BCUT2D eigenvalue weighted by molar-refractivity contribution is -0.138. The fourth-order valence-corrected chi connectivity index (χ4v) is 5.00. The number of aromatic nitrogens is 3. The number of fused-ring (bicyclic) bond motifs is 1. The number of alkyl halides is 3. The maximum absolute atomic E-state index is 13.9. The van der Waals surface area contributed by atoms with E-state index in [4.69, 9.17) is 0 Å². The Kier molecular flexibility index (Phi) is 9.17. The first kappa shape index (κ1) is 29.9. The Hall–Kier alpha value is -4.55. The molecule has 0 unspecified atom stereocenters. The molecule has 0 saturated carbocycles. The Morgan fingerprint density at radius 3 is 2.30 bits per heavy atom. The Labute approximate surface area is 246 Å². The van der Waals surface area contributed by atoms with Gasteiger partial charge in [0.15, 0.2) is 0 Å². The van der Waals surface area contributed by atoms with Crippen molar-refractivity contribution in [1.29, 1.82) is 0 Å². The summed E-state index contributed by atoms with van der Waals surface area (Å²) in [7, 11) is 0. The Morgan fingerprint density at radius 1 is 0.930 bits per heavy atom. The molecule has 0 radical (unpaired) electrons. The van der Waals surface area contributed by atoms with Crippen molar-refractivity contribution in [2.45, 2.75) is 26.1 Å². The number of nitrogens with zero attached hydrogens (tertiary/aromatic N) is 4. The number of aromatic amines is 1. The molecule has 2 amide bonds. The normalized spacial score (nSPS) is 14.8. The lowest BCUT2D eigenvalue weighted by atomic mass is 10.0. The van der Waals surface area contributed by atoms with Crippen LogP contribution in [-0.2, 0) is 22.3 Å². The predicted molar refractivity (Wildman–Crippen MR) is 160 cm³/mol. The van der Waals surface area contributed by atoms with Crippen molar-refractivity contribution in [3.8, 4) is 0 Å². The number of nitrogens with one attached hydrogen (secondary N) is 3. The molecule has 12 heteroatoms. The maximum Gasteiger partial charge on any atom is 0.416 e. The van der Waals surface area contributed by atoms with Crippen LogP contribution < -0.4 is 10.6 Å². The van der Waals surface area contributed by atoms with Gasteiger partial charge < -0.3 is 15.5 Å². The molecular weight excluding hydrogens is 559 g/mol. The number of pyridine rings is 1. The topological polar surface area (TPSA) is 106 Å². The SMILES string of the molecule is CCN1CCN(Cc2ccc(NC(=O)CC(=O)Nc3ccc4c(C=Cc5ccccn5)n[nH]c4c3)cc2C(F)(F)F)CC1. The zero-order valence-corrected chi connectivity index (χ0v) is 23.6. The van der Waals surface area contributed by atoms with E-state index >= 15 is 0 Å². The fraction of sp³-hybridized carbons (Fsp3) is 0.290. The zero-order valence-electron chi connectivity index (χ0n) is 23.6. The van der Waals surface area contributed by atoms with E-state index in [1.165, 1.54) is 12.1 Å². The summed E-state index contributed by atoms with van der Waals surface area (Å²) in [5.41, 5.74) is 1.93. The van der Waals surface area contributed by atoms with Crippen LogP contribution in [0.15, 0.2) is 60.8 Å². The lowest BCUT2D eigenvalue weighted by Gasteiger charge is -2.34. The summed E-state index contributed by atoms with van der Waals surface area (Å²) in [5.74, 6) is -1.33. The molecule has 5 rings (SSSR count). The molecule has 2 aromatic carbocycles. The van der Waals surface area contributed by atoms with Gasteiger partial charge in [-0.3, -0.25) is 24.6 Å². The number of anilines is 2. The van der Waals surface area contributed by atoms with Gasteiger partial charge in [-0.1, -0.05) is 19.1 Å². The molecule has 0 spiro atoms. The number of hydrogen-bond donors (Lipinski definition) is 3. The number of benzene rings is 2.